The molecule has 0 amide bonds. The minimum atomic E-state index is -0.590. The maximum Gasteiger partial charge on any atom is 0.227 e. The molecule has 6 heteroatoms. The molecule has 1 aromatic heterocycles. The van der Waals surface area contributed by atoms with Gasteiger partial charge in [0.1, 0.15) is 5.75 Å². The van der Waals surface area contributed by atoms with Gasteiger partial charge in [-0.05, 0) is 72.7 Å². The number of rotatable bonds is 10. The summed E-state index contributed by atoms with van der Waals surface area (Å²) in [7, 11) is 0. The van der Waals surface area contributed by atoms with Crippen molar-refractivity contribution in [3.63, 3.8) is 0 Å². The van der Waals surface area contributed by atoms with Crippen molar-refractivity contribution in [3.05, 3.63) is 71.4 Å². The number of aromatic nitrogens is 2. The first-order chi connectivity index (χ1) is 16.0. The smallest absolute Gasteiger partial charge is 0.227 e. The van der Waals surface area contributed by atoms with E-state index in [9.17, 15) is 5.11 Å². The Morgan fingerprint density at radius 3 is 2.24 bits per heavy atom. The lowest BCUT2D eigenvalue weighted by Gasteiger charge is -2.30. The molecular formula is C28H39N3O3. The topological polar surface area (TPSA) is 59.8 Å². The SMILES string of the molecule is Cc1ccc(Oc2c(CN(CC(O)COC(C)(C)C)C(C)C)c(C)nn2-c2ccccc2)cc1. The molecule has 0 bridgehead atoms. The van der Waals surface area contributed by atoms with Crippen molar-refractivity contribution in [2.45, 2.75) is 72.8 Å². The summed E-state index contributed by atoms with van der Waals surface area (Å²) in [5, 5.41) is 15.5. The Morgan fingerprint density at radius 2 is 1.65 bits per heavy atom. The summed E-state index contributed by atoms with van der Waals surface area (Å²) in [6.45, 7) is 15.7. The first kappa shape index (κ1) is 25.9. The second kappa shape index (κ2) is 11.2. The second-order valence-corrected chi connectivity index (χ2v) is 10.1. The molecule has 1 atom stereocenters. The van der Waals surface area contributed by atoms with Crippen LogP contribution >= 0.6 is 0 Å². The maximum absolute atomic E-state index is 10.7. The van der Waals surface area contributed by atoms with Crippen molar-refractivity contribution >= 4 is 0 Å². The molecule has 184 valence electrons. The van der Waals surface area contributed by atoms with E-state index in [1.807, 2.05) is 87.0 Å². The van der Waals surface area contributed by atoms with Crippen molar-refractivity contribution < 1.29 is 14.6 Å². The van der Waals surface area contributed by atoms with Crippen LogP contribution in [0.25, 0.3) is 5.69 Å². The molecular weight excluding hydrogens is 426 g/mol. The van der Waals surface area contributed by atoms with E-state index in [1.54, 1.807) is 0 Å². The summed E-state index contributed by atoms with van der Waals surface area (Å²) in [5.41, 5.74) is 3.73. The molecule has 6 nitrogen and oxygen atoms in total. The van der Waals surface area contributed by atoms with Crippen LogP contribution in [0.4, 0.5) is 0 Å². The minimum Gasteiger partial charge on any atom is -0.439 e. The third-order valence-corrected chi connectivity index (χ3v) is 5.62. The average molecular weight is 466 g/mol. The van der Waals surface area contributed by atoms with Crippen LogP contribution in [0, 0.1) is 13.8 Å². The van der Waals surface area contributed by atoms with Gasteiger partial charge in [-0.1, -0.05) is 35.9 Å². The van der Waals surface area contributed by atoms with Crippen molar-refractivity contribution in [3.8, 4) is 17.3 Å². The predicted octanol–water partition coefficient (Wildman–Crippen LogP) is 5.67. The molecule has 34 heavy (non-hydrogen) atoms. The minimum absolute atomic E-state index is 0.219. The summed E-state index contributed by atoms with van der Waals surface area (Å²) in [6, 6.07) is 18.3. The fourth-order valence-electron chi connectivity index (χ4n) is 3.62. The first-order valence-electron chi connectivity index (χ1n) is 12.0. The van der Waals surface area contributed by atoms with Gasteiger partial charge in [0, 0.05) is 19.1 Å². The summed E-state index contributed by atoms with van der Waals surface area (Å²) < 4.78 is 14.1. The molecule has 0 aliphatic heterocycles. The van der Waals surface area contributed by atoms with Gasteiger partial charge in [-0.25, -0.2) is 4.68 Å². The fourth-order valence-corrected chi connectivity index (χ4v) is 3.62. The summed E-state index contributed by atoms with van der Waals surface area (Å²) >= 11 is 0. The molecule has 0 spiro atoms. The molecule has 1 heterocycles. The monoisotopic (exact) mass is 465 g/mol. The highest BCUT2D eigenvalue weighted by atomic mass is 16.5. The van der Waals surface area contributed by atoms with Crippen molar-refractivity contribution in [1.82, 2.24) is 14.7 Å². The van der Waals surface area contributed by atoms with Crippen LogP contribution in [0.1, 0.15) is 51.4 Å². The van der Waals surface area contributed by atoms with Gasteiger partial charge in [0.25, 0.3) is 0 Å². The van der Waals surface area contributed by atoms with Crippen LogP contribution in [0.5, 0.6) is 11.6 Å². The van der Waals surface area contributed by atoms with Crippen LogP contribution < -0.4 is 4.74 Å². The van der Waals surface area contributed by atoms with E-state index in [0.29, 0.717) is 25.6 Å². The van der Waals surface area contributed by atoms with Gasteiger partial charge in [0.05, 0.1) is 35.3 Å². The van der Waals surface area contributed by atoms with E-state index in [-0.39, 0.29) is 11.6 Å². The second-order valence-electron chi connectivity index (χ2n) is 10.1. The first-order valence-corrected chi connectivity index (χ1v) is 12.0. The molecule has 0 saturated heterocycles. The maximum atomic E-state index is 10.7. The number of aliphatic hydroxyl groups excluding tert-OH is 1. The van der Waals surface area contributed by atoms with Gasteiger partial charge in [-0.2, -0.15) is 5.10 Å². The number of para-hydroxylation sites is 1. The number of benzene rings is 2. The molecule has 3 aromatic rings. The Labute approximate surface area is 204 Å². The number of ether oxygens (including phenoxy) is 2. The number of aliphatic hydroxyl groups is 1. The summed E-state index contributed by atoms with van der Waals surface area (Å²) in [6.07, 6.45) is -0.590. The summed E-state index contributed by atoms with van der Waals surface area (Å²) in [4.78, 5) is 2.23. The van der Waals surface area contributed by atoms with Crippen LogP contribution in [0.3, 0.4) is 0 Å². The van der Waals surface area contributed by atoms with Gasteiger partial charge in [-0.15, -0.1) is 0 Å². The third kappa shape index (κ3) is 7.16. The zero-order chi connectivity index (χ0) is 24.9. The lowest BCUT2D eigenvalue weighted by molar-refractivity contribution is -0.0587. The van der Waals surface area contributed by atoms with E-state index in [1.165, 1.54) is 5.56 Å². The van der Waals surface area contributed by atoms with Crippen molar-refractivity contribution in [1.29, 1.82) is 0 Å². The number of aryl methyl sites for hydroxylation is 2. The van der Waals surface area contributed by atoms with E-state index in [2.05, 4.69) is 25.7 Å². The van der Waals surface area contributed by atoms with Gasteiger partial charge < -0.3 is 14.6 Å². The van der Waals surface area contributed by atoms with E-state index < -0.39 is 6.10 Å². The molecule has 0 radical (unpaired) electrons. The normalized spacial score (nSPS) is 13.0. The molecule has 1 unspecified atom stereocenters. The number of hydrogen-bond acceptors (Lipinski definition) is 5. The standard InChI is InChI=1S/C28H39N3O3/c1-20(2)30(17-24(32)19-33-28(5,6)7)18-26-22(4)29-31(23-11-9-8-10-12-23)27(26)34-25-15-13-21(3)14-16-25/h8-16,20,24,32H,17-19H2,1-7H3. The molecule has 0 aliphatic rings. The van der Waals surface area contributed by atoms with Crippen LogP contribution in [0.2, 0.25) is 0 Å². The van der Waals surface area contributed by atoms with Crippen LogP contribution in [-0.2, 0) is 11.3 Å². The highest BCUT2D eigenvalue weighted by Gasteiger charge is 2.24. The van der Waals surface area contributed by atoms with Gasteiger partial charge in [-0.3, -0.25) is 4.90 Å². The third-order valence-electron chi connectivity index (χ3n) is 5.62. The Bertz CT molecular complexity index is 1040. The van der Waals surface area contributed by atoms with E-state index in [4.69, 9.17) is 14.6 Å². The lowest BCUT2D eigenvalue weighted by atomic mass is 10.1. The van der Waals surface area contributed by atoms with Crippen LogP contribution in [0.15, 0.2) is 54.6 Å². The van der Waals surface area contributed by atoms with Crippen molar-refractivity contribution in [2.75, 3.05) is 13.2 Å². The Balaban J connectivity index is 1.92. The summed E-state index contributed by atoms with van der Waals surface area (Å²) in [5.74, 6) is 1.46. The van der Waals surface area contributed by atoms with Crippen LogP contribution in [-0.4, -0.2) is 50.7 Å². The van der Waals surface area contributed by atoms with Gasteiger partial charge in [0.2, 0.25) is 5.88 Å². The van der Waals surface area contributed by atoms with Crippen molar-refractivity contribution in [2.24, 2.45) is 0 Å². The molecule has 1 N–H and O–H groups in total. The molecule has 0 saturated carbocycles. The Morgan fingerprint density at radius 1 is 1.00 bits per heavy atom. The largest absolute Gasteiger partial charge is 0.439 e. The fraction of sp³-hybridized carbons (Fsp3) is 0.464. The highest BCUT2D eigenvalue weighted by Crippen LogP contribution is 2.32. The number of hydrogen-bond donors (Lipinski definition) is 1. The Hall–Kier alpha value is -2.67. The predicted molar refractivity (Wildman–Crippen MR) is 137 cm³/mol. The van der Waals surface area contributed by atoms with Gasteiger partial charge in [0.15, 0.2) is 0 Å². The molecule has 2 aromatic carbocycles. The Kier molecular flexibility index (Phi) is 8.52. The molecule has 0 fully saturated rings. The molecule has 0 aliphatic carbocycles. The highest BCUT2D eigenvalue weighted by molar-refractivity contribution is 5.43. The zero-order valence-electron chi connectivity index (χ0n) is 21.6. The van der Waals surface area contributed by atoms with Gasteiger partial charge >= 0.3 is 0 Å². The molecule has 3 rings (SSSR count). The van der Waals surface area contributed by atoms with E-state index >= 15 is 0 Å². The van der Waals surface area contributed by atoms with E-state index in [0.717, 1.165) is 22.7 Å². The lowest BCUT2D eigenvalue weighted by Crippen LogP contribution is -2.40. The average Bonchev–Trinajstić information content (AvgIpc) is 3.08. The quantitative estimate of drug-likeness (QED) is 0.418. The zero-order valence-corrected chi connectivity index (χ0v) is 21.6. The number of nitrogens with zero attached hydrogens (tertiary/aromatic N) is 3.